The largest absolute Gasteiger partial charge is 0.496 e. The van der Waals surface area contributed by atoms with Gasteiger partial charge >= 0.3 is 5.97 Å². The maximum Gasteiger partial charge on any atom is 0.337 e. The lowest BCUT2D eigenvalue weighted by molar-refractivity contribution is -0.0138. The van der Waals surface area contributed by atoms with Crippen LogP contribution < -0.4 is 14.8 Å². The van der Waals surface area contributed by atoms with E-state index in [0.29, 0.717) is 60.0 Å². The third kappa shape index (κ3) is 4.66. The van der Waals surface area contributed by atoms with E-state index >= 15 is 0 Å². The average Bonchev–Trinajstić information content (AvgIpc) is 3.89. The summed E-state index contributed by atoms with van der Waals surface area (Å²) in [5.74, 6) is -0.571. The number of hydrogen-bond donors (Lipinski definition) is 1. The van der Waals surface area contributed by atoms with Crippen molar-refractivity contribution in [1.29, 1.82) is 0 Å². The van der Waals surface area contributed by atoms with Crippen LogP contribution in [-0.4, -0.2) is 55.4 Å². The van der Waals surface area contributed by atoms with Crippen molar-refractivity contribution < 1.29 is 28.6 Å². The lowest BCUT2D eigenvalue weighted by Crippen LogP contribution is -2.58. The molecule has 3 aromatic carbocycles. The third-order valence-electron chi connectivity index (χ3n) is 9.02. The van der Waals surface area contributed by atoms with Crippen molar-refractivity contribution in [3.8, 4) is 22.6 Å². The van der Waals surface area contributed by atoms with Gasteiger partial charge in [0.2, 0.25) is 0 Å². The molecule has 43 heavy (non-hydrogen) atoms. The monoisotopic (exact) mass is 576 g/mol. The summed E-state index contributed by atoms with van der Waals surface area (Å²) >= 11 is 0. The van der Waals surface area contributed by atoms with Crippen molar-refractivity contribution in [3.05, 3.63) is 89.2 Å². The number of pyridine rings is 1. The van der Waals surface area contributed by atoms with Crippen LogP contribution in [0.3, 0.4) is 0 Å². The number of esters is 1. The normalized spacial score (nSPS) is 19.0. The van der Waals surface area contributed by atoms with Crippen LogP contribution in [-0.2, 0) is 4.74 Å². The molecule has 2 fully saturated rings. The van der Waals surface area contributed by atoms with Crippen molar-refractivity contribution >= 4 is 28.3 Å². The summed E-state index contributed by atoms with van der Waals surface area (Å²) in [5, 5.41) is 5.14. The Hall–Kier alpha value is -4.56. The molecule has 2 aliphatic heterocycles. The Bertz CT molecular complexity index is 1790. The highest BCUT2D eigenvalue weighted by molar-refractivity contribution is 6.20. The van der Waals surface area contributed by atoms with Gasteiger partial charge in [0.1, 0.15) is 23.0 Å². The number of nitrogens with one attached hydrogen (secondary N) is 1. The molecule has 218 valence electrons. The lowest BCUT2D eigenvalue weighted by atomic mass is 9.70. The van der Waals surface area contributed by atoms with E-state index in [1.54, 1.807) is 49.7 Å². The van der Waals surface area contributed by atoms with Gasteiger partial charge in [-0.3, -0.25) is 14.6 Å². The van der Waals surface area contributed by atoms with E-state index in [1.807, 2.05) is 24.3 Å². The molecule has 3 aliphatic rings. The third-order valence-corrected chi connectivity index (χ3v) is 9.02. The van der Waals surface area contributed by atoms with Gasteiger partial charge in [0.05, 0.1) is 31.0 Å². The molecule has 1 aliphatic carbocycles. The highest BCUT2D eigenvalue weighted by Gasteiger charge is 2.54. The summed E-state index contributed by atoms with van der Waals surface area (Å²) in [6, 6.07) is 18.0. The number of aromatic nitrogens is 1. The summed E-state index contributed by atoms with van der Waals surface area (Å²) in [4.78, 5) is 45.8. The van der Waals surface area contributed by atoms with E-state index < -0.39 is 17.5 Å². The molecule has 4 aromatic rings. The Morgan fingerprint density at radius 2 is 1.72 bits per heavy atom. The summed E-state index contributed by atoms with van der Waals surface area (Å²) < 4.78 is 17.3. The minimum atomic E-state index is -1.03. The average molecular weight is 577 g/mol. The molecule has 1 spiro atoms. The number of ketones is 2. The Labute approximate surface area is 249 Å². The molecule has 0 unspecified atom stereocenters. The van der Waals surface area contributed by atoms with E-state index in [4.69, 9.17) is 14.2 Å². The van der Waals surface area contributed by atoms with Gasteiger partial charge in [-0.15, -0.1) is 0 Å². The van der Waals surface area contributed by atoms with Crippen molar-refractivity contribution in [2.75, 3.05) is 27.3 Å². The zero-order valence-electron chi connectivity index (χ0n) is 24.1. The summed E-state index contributed by atoms with van der Waals surface area (Å²) in [7, 11) is 2.93. The van der Waals surface area contributed by atoms with E-state index in [0.717, 1.165) is 40.4 Å². The van der Waals surface area contributed by atoms with Crippen LogP contribution in [0.4, 0.5) is 0 Å². The Morgan fingerprint density at radius 1 is 0.930 bits per heavy atom. The van der Waals surface area contributed by atoms with Crippen LogP contribution in [0.5, 0.6) is 11.5 Å². The van der Waals surface area contributed by atoms with Crippen LogP contribution in [0.25, 0.3) is 21.9 Å². The van der Waals surface area contributed by atoms with E-state index in [9.17, 15) is 14.4 Å². The van der Waals surface area contributed by atoms with Crippen LogP contribution in [0.1, 0.15) is 68.4 Å². The second kappa shape index (κ2) is 10.6. The van der Waals surface area contributed by atoms with Gasteiger partial charge in [0.25, 0.3) is 0 Å². The standard InChI is InChI=1S/C35H32N2O6/c1-41-29-19-24(18-26-25(29)10-13-37-31(26)20-6-7-20)32(38)30-33(39)27-17-22(21-4-3-5-23(16-21)34(40)42-2)8-9-28(27)43-35(30)11-14-36-15-12-35/h3-5,8-10,13,16-20,30,36H,6-7,11-12,14-15H2,1-2H3/t30-/m1/s1. The molecular weight excluding hydrogens is 544 g/mol. The van der Waals surface area contributed by atoms with Gasteiger partial charge in [0, 0.05) is 41.3 Å². The number of benzene rings is 3. The minimum Gasteiger partial charge on any atom is -0.496 e. The first-order valence-electron chi connectivity index (χ1n) is 14.7. The van der Waals surface area contributed by atoms with Crippen LogP contribution >= 0.6 is 0 Å². The number of methoxy groups -OCH3 is 2. The fourth-order valence-electron chi connectivity index (χ4n) is 6.64. The maximum absolute atomic E-state index is 14.6. The molecule has 1 aromatic heterocycles. The van der Waals surface area contributed by atoms with Gasteiger partial charge in [-0.2, -0.15) is 0 Å². The number of Topliss-reactive ketones (excluding diaryl/α,β-unsaturated/α-hetero) is 2. The first kappa shape index (κ1) is 27.3. The highest BCUT2D eigenvalue weighted by Crippen LogP contribution is 2.46. The first-order chi connectivity index (χ1) is 20.9. The molecule has 0 radical (unpaired) electrons. The number of piperidine rings is 1. The molecule has 8 nitrogen and oxygen atoms in total. The number of rotatable bonds is 6. The van der Waals surface area contributed by atoms with Gasteiger partial charge in [-0.25, -0.2) is 4.79 Å². The fourth-order valence-corrected chi connectivity index (χ4v) is 6.64. The van der Waals surface area contributed by atoms with Crippen molar-refractivity contribution in [2.24, 2.45) is 5.92 Å². The van der Waals surface area contributed by atoms with Gasteiger partial charge in [-0.1, -0.05) is 18.2 Å². The molecule has 1 N–H and O–H groups in total. The zero-order chi connectivity index (χ0) is 29.7. The fraction of sp³-hybridized carbons (Fsp3) is 0.314. The molecule has 1 saturated carbocycles. The smallest absolute Gasteiger partial charge is 0.337 e. The SMILES string of the molecule is COC(=O)c1cccc(-c2ccc3c(c2)C(=O)[C@@H](C(=O)c2cc(OC)c4ccnc(C5CC5)c4c2)C2(CCNCC2)O3)c1. The summed E-state index contributed by atoms with van der Waals surface area (Å²) in [5.41, 5.74) is 2.69. The first-order valence-corrected chi connectivity index (χ1v) is 14.7. The number of ether oxygens (including phenoxy) is 3. The predicted molar refractivity (Wildman–Crippen MR) is 161 cm³/mol. The van der Waals surface area contributed by atoms with E-state index in [-0.39, 0.29) is 11.6 Å². The van der Waals surface area contributed by atoms with Crippen LogP contribution in [0, 0.1) is 5.92 Å². The van der Waals surface area contributed by atoms with E-state index in [2.05, 4.69) is 10.3 Å². The number of hydrogen-bond acceptors (Lipinski definition) is 8. The number of carbonyl (C=O) groups excluding carboxylic acids is 3. The number of nitrogens with zero attached hydrogens (tertiary/aromatic N) is 1. The van der Waals surface area contributed by atoms with Gasteiger partial charge < -0.3 is 19.5 Å². The lowest BCUT2D eigenvalue weighted by Gasteiger charge is -2.45. The molecule has 0 amide bonds. The topological polar surface area (TPSA) is 104 Å². The molecule has 1 saturated heterocycles. The zero-order valence-corrected chi connectivity index (χ0v) is 24.1. The second-order valence-electron chi connectivity index (χ2n) is 11.6. The predicted octanol–water partition coefficient (Wildman–Crippen LogP) is 5.77. The summed E-state index contributed by atoms with van der Waals surface area (Å²) in [6.45, 7) is 1.28. The van der Waals surface area contributed by atoms with Gasteiger partial charge in [-0.05, 0) is 79.5 Å². The van der Waals surface area contributed by atoms with Crippen LogP contribution in [0.15, 0.2) is 66.9 Å². The number of fused-ring (bicyclic) bond motifs is 2. The van der Waals surface area contributed by atoms with Crippen molar-refractivity contribution in [3.63, 3.8) is 0 Å². The van der Waals surface area contributed by atoms with E-state index in [1.165, 1.54) is 7.11 Å². The molecule has 7 rings (SSSR count). The quantitative estimate of drug-likeness (QED) is 0.175. The highest BCUT2D eigenvalue weighted by atomic mass is 16.5. The molecule has 3 heterocycles. The van der Waals surface area contributed by atoms with Crippen molar-refractivity contribution in [1.82, 2.24) is 10.3 Å². The molecular formula is C35H32N2O6. The molecule has 8 heteroatoms. The molecule has 0 bridgehead atoms. The Morgan fingerprint density at radius 3 is 2.47 bits per heavy atom. The molecule has 1 atom stereocenters. The maximum atomic E-state index is 14.6. The summed E-state index contributed by atoms with van der Waals surface area (Å²) in [6.07, 6.45) is 4.98. The Balaban J connectivity index is 1.33. The van der Waals surface area contributed by atoms with Gasteiger partial charge in [0.15, 0.2) is 11.6 Å². The van der Waals surface area contributed by atoms with Crippen molar-refractivity contribution in [2.45, 2.75) is 37.2 Å². The Kier molecular flexibility index (Phi) is 6.73. The second-order valence-corrected chi connectivity index (χ2v) is 11.6. The minimum absolute atomic E-state index is 0.258. The van der Waals surface area contributed by atoms with Crippen LogP contribution in [0.2, 0.25) is 0 Å². The number of carbonyl (C=O) groups is 3.